The van der Waals surface area contributed by atoms with Crippen molar-refractivity contribution >= 4 is 17.4 Å². The van der Waals surface area contributed by atoms with Crippen molar-refractivity contribution in [2.75, 3.05) is 31.2 Å². The molecule has 45 heavy (non-hydrogen) atoms. The smallest absolute Gasteiger partial charge is 0.416 e. The molecule has 0 aliphatic carbocycles. The molecule has 0 spiro atoms. The molecule has 1 saturated heterocycles. The number of hydrogen-bond acceptors (Lipinski definition) is 4. The van der Waals surface area contributed by atoms with Crippen molar-refractivity contribution in [2.24, 2.45) is 0 Å². The van der Waals surface area contributed by atoms with Gasteiger partial charge in [-0.2, -0.15) is 13.2 Å². The molecule has 1 N–H and O–H groups in total. The molecule has 1 fully saturated rings. The monoisotopic (exact) mass is 615 g/mol. The number of carbonyl (C=O) groups excluding carboxylic acids is 1. The summed E-state index contributed by atoms with van der Waals surface area (Å²) < 4.78 is 44.7. The number of carboxylic acids is 1. The van der Waals surface area contributed by atoms with Gasteiger partial charge in [0, 0.05) is 30.8 Å². The topological polar surface area (TPSA) is 66.8 Å². The lowest BCUT2D eigenvalue weighted by atomic mass is 9.86. The van der Waals surface area contributed by atoms with Gasteiger partial charge in [0.15, 0.2) is 5.78 Å². The fraction of sp³-hybridized carbons (Fsp3) is 0.297. The van der Waals surface area contributed by atoms with Crippen molar-refractivity contribution < 1.29 is 32.6 Å². The normalized spacial score (nSPS) is 13.7. The van der Waals surface area contributed by atoms with Crippen LogP contribution < -0.4 is 4.90 Å². The highest BCUT2D eigenvalue weighted by Crippen LogP contribution is 2.34. The van der Waals surface area contributed by atoms with Crippen LogP contribution in [0.3, 0.4) is 0 Å². The van der Waals surface area contributed by atoms with E-state index in [9.17, 15) is 27.9 Å². The first kappa shape index (κ1) is 32.0. The Morgan fingerprint density at radius 1 is 0.867 bits per heavy atom. The Bertz CT molecular complexity index is 1660. The van der Waals surface area contributed by atoms with Crippen molar-refractivity contribution in [1.29, 1.82) is 0 Å². The number of morpholine rings is 1. The van der Waals surface area contributed by atoms with E-state index in [0.29, 0.717) is 42.7 Å². The van der Waals surface area contributed by atoms with E-state index < -0.39 is 17.7 Å². The number of halogens is 3. The van der Waals surface area contributed by atoms with Gasteiger partial charge < -0.3 is 14.7 Å². The third-order valence-electron chi connectivity index (χ3n) is 8.27. The van der Waals surface area contributed by atoms with Gasteiger partial charge in [0.2, 0.25) is 0 Å². The number of Topliss-reactive ketones (excluding diaryl/α,β-unsaturated/α-hetero) is 1. The molecular formula is C37H36F3NO4. The first-order chi connectivity index (χ1) is 21.5. The second-order valence-electron chi connectivity index (χ2n) is 11.7. The zero-order chi connectivity index (χ0) is 32.1. The van der Waals surface area contributed by atoms with Crippen LogP contribution in [-0.2, 0) is 30.2 Å². The van der Waals surface area contributed by atoms with Crippen LogP contribution in [0.1, 0.15) is 68.3 Å². The predicted molar refractivity (Wildman–Crippen MR) is 169 cm³/mol. The fourth-order valence-electron chi connectivity index (χ4n) is 5.73. The van der Waals surface area contributed by atoms with Crippen LogP contribution in [0.15, 0.2) is 84.9 Å². The maximum atomic E-state index is 13.3. The quantitative estimate of drug-likeness (QED) is 0.182. The fourth-order valence-corrected chi connectivity index (χ4v) is 5.73. The third kappa shape index (κ3) is 7.81. The van der Waals surface area contributed by atoms with E-state index in [1.54, 1.807) is 24.3 Å². The molecule has 5 nitrogen and oxygen atoms in total. The van der Waals surface area contributed by atoms with Crippen molar-refractivity contribution in [2.45, 2.75) is 45.2 Å². The molecule has 234 valence electrons. The average Bonchev–Trinajstić information content (AvgIpc) is 3.04. The lowest BCUT2D eigenvalue weighted by Crippen LogP contribution is -2.36. The number of ether oxygens (including phenoxy) is 1. The number of rotatable bonds is 10. The Morgan fingerprint density at radius 2 is 1.53 bits per heavy atom. The van der Waals surface area contributed by atoms with E-state index in [0.717, 1.165) is 47.1 Å². The summed E-state index contributed by atoms with van der Waals surface area (Å²) in [5.74, 6) is -1.20. The van der Waals surface area contributed by atoms with Crippen LogP contribution in [0.4, 0.5) is 18.9 Å². The highest BCUT2D eigenvalue weighted by atomic mass is 19.4. The van der Waals surface area contributed by atoms with Gasteiger partial charge in [0.05, 0.1) is 24.3 Å². The van der Waals surface area contributed by atoms with Crippen LogP contribution in [0, 0.1) is 0 Å². The van der Waals surface area contributed by atoms with Crippen LogP contribution in [0.25, 0.3) is 11.1 Å². The summed E-state index contributed by atoms with van der Waals surface area (Å²) in [6.07, 6.45) is -3.39. The zero-order valence-electron chi connectivity index (χ0n) is 25.4. The lowest BCUT2D eigenvalue weighted by Gasteiger charge is -2.28. The number of carbonyl (C=O) groups is 2. The van der Waals surface area contributed by atoms with E-state index in [1.807, 2.05) is 56.3 Å². The van der Waals surface area contributed by atoms with E-state index in [-0.39, 0.29) is 23.7 Å². The Morgan fingerprint density at radius 3 is 2.16 bits per heavy atom. The van der Waals surface area contributed by atoms with Gasteiger partial charge in [0.1, 0.15) is 0 Å². The molecular weight excluding hydrogens is 579 g/mol. The minimum Gasteiger partial charge on any atom is -0.478 e. The van der Waals surface area contributed by atoms with Crippen molar-refractivity contribution in [3.63, 3.8) is 0 Å². The number of anilines is 1. The van der Waals surface area contributed by atoms with Crippen molar-refractivity contribution in [3.05, 3.63) is 124 Å². The minimum absolute atomic E-state index is 0.0347. The summed E-state index contributed by atoms with van der Waals surface area (Å²) in [4.78, 5) is 27.9. The number of aryl methyl sites for hydroxylation is 2. The molecule has 0 amide bonds. The molecule has 0 aromatic heterocycles. The van der Waals surface area contributed by atoms with Gasteiger partial charge in [-0.3, -0.25) is 4.79 Å². The zero-order valence-corrected chi connectivity index (χ0v) is 25.4. The van der Waals surface area contributed by atoms with Crippen molar-refractivity contribution in [1.82, 2.24) is 0 Å². The molecule has 1 heterocycles. The highest BCUT2D eigenvalue weighted by molar-refractivity contribution is 6.00. The number of hydrogen-bond donors (Lipinski definition) is 1. The van der Waals surface area contributed by atoms with Gasteiger partial charge in [0.25, 0.3) is 0 Å². The van der Waals surface area contributed by atoms with Gasteiger partial charge >= 0.3 is 12.1 Å². The third-order valence-corrected chi connectivity index (χ3v) is 8.27. The van der Waals surface area contributed by atoms with Gasteiger partial charge in [-0.05, 0) is 88.5 Å². The molecule has 1 aliphatic rings. The minimum atomic E-state index is -4.38. The average molecular weight is 616 g/mol. The van der Waals surface area contributed by atoms with Crippen LogP contribution in [0.5, 0.6) is 0 Å². The van der Waals surface area contributed by atoms with Crippen LogP contribution in [-0.4, -0.2) is 43.2 Å². The van der Waals surface area contributed by atoms with Gasteiger partial charge in [-0.1, -0.05) is 62.4 Å². The van der Waals surface area contributed by atoms with Gasteiger partial charge in [-0.15, -0.1) is 0 Å². The maximum absolute atomic E-state index is 13.3. The first-order valence-corrected chi connectivity index (χ1v) is 15.1. The maximum Gasteiger partial charge on any atom is 0.416 e. The SMILES string of the molecule is CC(C)c1cc(CC(=O)c2ccc(N3CCOCC3)cc2)c(C(=O)O)cc1-c1ccc(CCc2cccc(C(F)(F)F)c2)cc1. The standard InChI is InChI=1S/C37H36F3NO4/c1-24(2)32-21-29(22-35(42)28-12-14-31(15-13-28)41-16-18-45-19-17-41)34(36(43)44)23-33(32)27-10-8-25(9-11-27)6-7-26-4-3-5-30(20-26)37(38,39)40/h3-5,8-15,20-21,23-24H,6-7,16-19,22H2,1-2H3,(H,43,44). The van der Waals surface area contributed by atoms with E-state index in [1.165, 1.54) is 12.1 Å². The summed E-state index contributed by atoms with van der Waals surface area (Å²) in [6.45, 7) is 6.97. The van der Waals surface area contributed by atoms with E-state index >= 15 is 0 Å². The van der Waals surface area contributed by atoms with E-state index in [2.05, 4.69) is 4.90 Å². The molecule has 0 saturated carbocycles. The highest BCUT2D eigenvalue weighted by Gasteiger charge is 2.30. The Balaban J connectivity index is 1.34. The summed E-state index contributed by atoms with van der Waals surface area (Å²) in [6, 6.07) is 24.0. The molecule has 4 aromatic rings. The molecule has 8 heteroatoms. The van der Waals surface area contributed by atoms with E-state index in [4.69, 9.17) is 4.74 Å². The molecule has 0 bridgehead atoms. The Kier molecular flexibility index (Phi) is 9.73. The van der Waals surface area contributed by atoms with Gasteiger partial charge in [-0.25, -0.2) is 4.79 Å². The summed E-state index contributed by atoms with van der Waals surface area (Å²) in [7, 11) is 0. The molecule has 1 aliphatic heterocycles. The number of carboxylic acid groups (broad SMARTS) is 1. The first-order valence-electron chi connectivity index (χ1n) is 15.1. The molecule has 5 rings (SSSR count). The second-order valence-corrected chi connectivity index (χ2v) is 11.7. The number of nitrogens with zero attached hydrogens (tertiary/aromatic N) is 1. The van der Waals surface area contributed by atoms with Crippen molar-refractivity contribution in [3.8, 4) is 11.1 Å². The molecule has 0 unspecified atom stereocenters. The van der Waals surface area contributed by atoms with Crippen LogP contribution >= 0.6 is 0 Å². The Hall–Kier alpha value is -4.43. The summed E-state index contributed by atoms with van der Waals surface area (Å²) in [5.41, 5.74) is 5.56. The Labute approximate surface area is 261 Å². The number of aromatic carboxylic acids is 1. The summed E-state index contributed by atoms with van der Waals surface area (Å²) in [5, 5.41) is 10.1. The number of benzene rings is 4. The molecule has 4 aromatic carbocycles. The molecule has 0 radical (unpaired) electrons. The number of ketones is 1. The summed E-state index contributed by atoms with van der Waals surface area (Å²) >= 11 is 0. The molecule has 0 atom stereocenters. The number of alkyl halides is 3. The van der Waals surface area contributed by atoms with Crippen LogP contribution in [0.2, 0.25) is 0 Å². The second kappa shape index (κ2) is 13.7. The predicted octanol–water partition coefficient (Wildman–Crippen LogP) is 8.24. The lowest BCUT2D eigenvalue weighted by molar-refractivity contribution is -0.137. The largest absolute Gasteiger partial charge is 0.478 e.